The fourth-order valence-electron chi connectivity index (χ4n) is 1.31. The second kappa shape index (κ2) is 7.29. The van der Waals surface area contributed by atoms with Gasteiger partial charge in [-0.2, -0.15) is 0 Å². The summed E-state index contributed by atoms with van der Waals surface area (Å²) < 4.78 is 6.59. The maximum absolute atomic E-state index is 11.6. The fraction of sp³-hybridized carbons (Fsp3) is 0.333. The molecule has 0 fully saturated rings. The molecule has 0 aliphatic heterocycles. The summed E-state index contributed by atoms with van der Waals surface area (Å²) >= 11 is 6.01. The van der Waals surface area contributed by atoms with Crippen LogP contribution in [-0.2, 0) is 11.3 Å². The quantitative estimate of drug-likeness (QED) is 0.741. The number of hydrogen-bond donors (Lipinski definition) is 0. The van der Waals surface area contributed by atoms with E-state index in [2.05, 4.69) is 12.2 Å². The highest BCUT2D eigenvalue weighted by Gasteiger charge is 2.08. The third kappa shape index (κ3) is 4.75. The molecule has 0 radical (unpaired) electrons. The van der Waals surface area contributed by atoms with Gasteiger partial charge in [0.25, 0.3) is 0 Å². The second-order valence-electron chi connectivity index (χ2n) is 3.51. The minimum absolute atomic E-state index is 0.0759. The average molecular weight is 269 g/mol. The van der Waals surface area contributed by atoms with Gasteiger partial charge in [0.1, 0.15) is 5.75 Å². The van der Waals surface area contributed by atoms with Crippen LogP contribution in [0.4, 0.5) is 0 Å². The highest BCUT2D eigenvalue weighted by molar-refractivity contribution is 8.21. The van der Waals surface area contributed by atoms with Gasteiger partial charge in [0.05, 0.1) is 12.9 Å². The van der Waals surface area contributed by atoms with Crippen LogP contribution in [0, 0.1) is 0 Å². The lowest BCUT2D eigenvalue weighted by Crippen LogP contribution is -2.27. The largest absolute Gasteiger partial charge is 0.497 e. The van der Waals surface area contributed by atoms with Crippen molar-refractivity contribution in [2.75, 3.05) is 19.9 Å². The topological polar surface area (TPSA) is 29.5 Å². The number of nitrogens with zero attached hydrogens (tertiary/aromatic N) is 1. The molecule has 0 aliphatic carbocycles. The fourth-order valence-corrected chi connectivity index (χ4v) is 1.94. The zero-order chi connectivity index (χ0) is 12.7. The smallest absolute Gasteiger partial charge is 0.232 e. The molecule has 0 spiro atoms. The molecule has 92 valence electrons. The van der Waals surface area contributed by atoms with Gasteiger partial charge in [-0.05, 0) is 17.7 Å². The van der Waals surface area contributed by atoms with Crippen LogP contribution in [0.5, 0.6) is 5.75 Å². The Balaban J connectivity index is 2.51. The van der Waals surface area contributed by atoms with Crippen molar-refractivity contribution < 1.29 is 9.53 Å². The Hall–Kier alpha value is -1.07. The normalized spacial score (nSPS) is 9.76. The predicted octanol–water partition coefficient (Wildman–Crippen LogP) is 2.34. The second-order valence-corrected chi connectivity index (χ2v) is 4.90. The van der Waals surface area contributed by atoms with Gasteiger partial charge in [0.2, 0.25) is 5.91 Å². The molecular formula is C12H15NO2S2. The van der Waals surface area contributed by atoms with Gasteiger partial charge in [-0.25, -0.2) is 0 Å². The van der Waals surface area contributed by atoms with Crippen LogP contribution in [0.3, 0.4) is 0 Å². The van der Waals surface area contributed by atoms with E-state index in [1.54, 1.807) is 19.1 Å². The summed E-state index contributed by atoms with van der Waals surface area (Å²) in [5, 5.41) is 0. The Kier molecular flexibility index (Phi) is 6.00. The molecule has 1 aromatic rings. The Bertz CT molecular complexity index is 379. The van der Waals surface area contributed by atoms with E-state index in [9.17, 15) is 4.79 Å². The number of ether oxygens (including phenoxy) is 1. The lowest BCUT2D eigenvalue weighted by atomic mass is 10.2. The van der Waals surface area contributed by atoms with Crippen molar-refractivity contribution in [3.05, 3.63) is 29.8 Å². The van der Waals surface area contributed by atoms with Crippen molar-refractivity contribution in [2.24, 2.45) is 0 Å². The van der Waals surface area contributed by atoms with Gasteiger partial charge in [0.15, 0.2) is 0 Å². The van der Waals surface area contributed by atoms with Crippen LogP contribution < -0.4 is 4.74 Å². The molecule has 0 N–H and O–H groups in total. The first-order valence-electron chi connectivity index (χ1n) is 5.09. The standard InChI is InChI=1S/C12H15NO2S2/c1-13(12(14)8-17-9-16)7-10-3-5-11(15-2)6-4-10/h3-6,9H,7-8H2,1-2H3. The molecule has 0 aromatic heterocycles. The highest BCUT2D eigenvalue weighted by atomic mass is 32.2. The Morgan fingerprint density at radius 1 is 1.47 bits per heavy atom. The SMILES string of the molecule is COc1ccc(CN(C)C(=O)CSC=S)cc1. The van der Waals surface area contributed by atoms with Gasteiger partial charge in [-0.15, -0.1) is 11.8 Å². The first-order chi connectivity index (χ1) is 8.17. The molecule has 0 aliphatic rings. The molecule has 0 atom stereocenters. The number of benzene rings is 1. The molecule has 0 saturated heterocycles. The maximum Gasteiger partial charge on any atom is 0.232 e. The first kappa shape index (κ1) is 14.0. The van der Waals surface area contributed by atoms with Crippen LogP contribution in [0.15, 0.2) is 24.3 Å². The zero-order valence-corrected chi connectivity index (χ0v) is 11.5. The molecule has 1 amide bonds. The Morgan fingerprint density at radius 2 is 2.12 bits per heavy atom. The summed E-state index contributed by atoms with van der Waals surface area (Å²) in [4.78, 5) is 13.3. The molecule has 5 heteroatoms. The highest BCUT2D eigenvalue weighted by Crippen LogP contribution is 2.12. The van der Waals surface area contributed by atoms with Crippen LogP contribution in [0.1, 0.15) is 5.56 Å². The number of thiocarbonyl (C=S) groups is 1. The summed E-state index contributed by atoms with van der Waals surface area (Å²) in [6.07, 6.45) is 0. The molecule has 0 heterocycles. The molecule has 3 nitrogen and oxygen atoms in total. The van der Waals surface area contributed by atoms with E-state index < -0.39 is 0 Å². The van der Waals surface area contributed by atoms with Crippen LogP contribution in [0.2, 0.25) is 0 Å². The number of rotatable bonds is 6. The Labute approximate surface area is 111 Å². The molecule has 0 unspecified atom stereocenters. The average Bonchev–Trinajstić information content (AvgIpc) is 2.36. The monoisotopic (exact) mass is 269 g/mol. The van der Waals surface area contributed by atoms with Gasteiger partial charge in [-0.3, -0.25) is 4.79 Å². The van der Waals surface area contributed by atoms with Crippen molar-refractivity contribution in [1.82, 2.24) is 4.90 Å². The molecular weight excluding hydrogens is 254 g/mol. The number of hydrogen-bond acceptors (Lipinski definition) is 4. The molecule has 0 bridgehead atoms. The number of thioether (sulfide) groups is 1. The van der Waals surface area contributed by atoms with E-state index in [-0.39, 0.29) is 5.91 Å². The molecule has 1 aromatic carbocycles. The molecule has 0 saturated carbocycles. The lowest BCUT2D eigenvalue weighted by molar-refractivity contribution is -0.127. The number of carbonyl (C=O) groups excluding carboxylic acids is 1. The van der Waals surface area contributed by atoms with Crippen LogP contribution in [0.25, 0.3) is 0 Å². The zero-order valence-electron chi connectivity index (χ0n) is 9.88. The minimum Gasteiger partial charge on any atom is -0.497 e. The summed E-state index contributed by atoms with van der Waals surface area (Å²) in [5.74, 6) is 1.29. The van der Waals surface area contributed by atoms with Crippen molar-refractivity contribution >= 4 is 34.6 Å². The van der Waals surface area contributed by atoms with Gasteiger partial charge in [0, 0.05) is 18.3 Å². The Morgan fingerprint density at radius 3 is 2.65 bits per heavy atom. The number of carbonyl (C=O) groups is 1. The third-order valence-electron chi connectivity index (χ3n) is 2.28. The van der Waals surface area contributed by atoms with Crippen molar-refractivity contribution in [1.29, 1.82) is 0 Å². The number of methoxy groups -OCH3 is 1. The lowest BCUT2D eigenvalue weighted by Gasteiger charge is -2.16. The van der Waals surface area contributed by atoms with Crippen LogP contribution in [-0.4, -0.2) is 35.4 Å². The summed E-state index contributed by atoms with van der Waals surface area (Å²) in [5.41, 5.74) is 1.08. The van der Waals surface area contributed by atoms with Crippen molar-refractivity contribution in [3.63, 3.8) is 0 Å². The van der Waals surface area contributed by atoms with Crippen LogP contribution >= 0.6 is 24.0 Å². The van der Waals surface area contributed by atoms with Gasteiger partial charge in [-0.1, -0.05) is 24.4 Å². The maximum atomic E-state index is 11.6. The van der Waals surface area contributed by atoms with E-state index >= 15 is 0 Å². The van der Waals surface area contributed by atoms with E-state index in [0.29, 0.717) is 12.3 Å². The minimum atomic E-state index is 0.0759. The predicted molar refractivity (Wildman–Crippen MR) is 75.6 cm³/mol. The molecule has 17 heavy (non-hydrogen) atoms. The van der Waals surface area contributed by atoms with Gasteiger partial charge >= 0.3 is 0 Å². The van der Waals surface area contributed by atoms with E-state index in [0.717, 1.165) is 11.3 Å². The van der Waals surface area contributed by atoms with Crippen molar-refractivity contribution in [2.45, 2.75) is 6.54 Å². The van der Waals surface area contributed by atoms with E-state index in [1.807, 2.05) is 24.3 Å². The summed E-state index contributed by atoms with van der Waals surface area (Å²) in [6.45, 7) is 0.598. The summed E-state index contributed by atoms with van der Waals surface area (Å²) in [6, 6.07) is 7.68. The van der Waals surface area contributed by atoms with E-state index in [1.165, 1.54) is 16.5 Å². The third-order valence-corrected chi connectivity index (χ3v) is 3.24. The van der Waals surface area contributed by atoms with E-state index in [4.69, 9.17) is 4.74 Å². The number of amides is 1. The molecule has 1 rings (SSSR count). The summed E-state index contributed by atoms with van der Waals surface area (Å²) in [7, 11) is 3.42. The first-order valence-corrected chi connectivity index (χ1v) is 6.61. The van der Waals surface area contributed by atoms with Gasteiger partial charge < -0.3 is 9.64 Å². The van der Waals surface area contributed by atoms with Crippen molar-refractivity contribution in [3.8, 4) is 5.75 Å².